The highest BCUT2D eigenvalue weighted by Crippen LogP contribution is 2.30. The molecule has 0 aliphatic carbocycles. The highest BCUT2D eigenvalue weighted by Gasteiger charge is 2.19. The van der Waals surface area contributed by atoms with Gasteiger partial charge in [0.05, 0.1) is 4.88 Å². The molecule has 3 aromatic heterocycles. The van der Waals surface area contributed by atoms with Crippen LogP contribution in [-0.4, -0.2) is 47.0 Å². The molecule has 1 aromatic carbocycles. The summed E-state index contributed by atoms with van der Waals surface area (Å²) in [6.45, 7) is 4.44. The van der Waals surface area contributed by atoms with Gasteiger partial charge in [-0.2, -0.15) is 0 Å². The second-order valence-electron chi connectivity index (χ2n) is 8.54. The van der Waals surface area contributed by atoms with Gasteiger partial charge >= 0.3 is 0 Å². The first-order valence-electron chi connectivity index (χ1n) is 11.6. The molecule has 34 heavy (non-hydrogen) atoms. The van der Waals surface area contributed by atoms with Gasteiger partial charge in [0.1, 0.15) is 5.82 Å². The van der Waals surface area contributed by atoms with Gasteiger partial charge in [0.25, 0.3) is 0 Å². The van der Waals surface area contributed by atoms with Crippen LogP contribution in [0, 0.1) is 0 Å². The molecule has 0 unspecified atom stereocenters. The van der Waals surface area contributed by atoms with Gasteiger partial charge in [-0.25, -0.2) is 9.97 Å². The van der Waals surface area contributed by atoms with Crippen molar-refractivity contribution < 1.29 is 0 Å². The van der Waals surface area contributed by atoms with Crippen LogP contribution in [0.1, 0.15) is 36.9 Å². The van der Waals surface area contributed by atoms with Crippen LogP contribution in [0.2, 0.25) is 0 Å². The van der Waals surface area contributed by atoms with Crippen molar-refractivity contribution in [3.63, 3.8) is 0 Å². The quantitative estimate of drug-likeness (QED) is 0.385. The number of piperidine rings is 1. The standard InChI is InChI=1S/C14H20N2.C13H12N4S/c1-3-4-12-5-8-15-14(11-12)13-6-9-16(2)10-7-13;1-15-12-5-10-4-8(2-3-9(10)6-16-12)11-7-17-13(14)18-11/h3-5,8,11,13H,6-7,9-10H2,1-2H3;2-7H,1H3,(H2,14,17)(H,15,16)/b4-3-;. The van der Waals surface area contributed by atoms with Crippen LogP contribution in [0.4, 0.5) is 10.9 Å². The Hall–Kier alpha value is -3.29. The van der Waals surface area contributed by atoms with Crippen LogP contribution in [0.5, 0.6) is 0 Å². The summed E-state index contributed by atoms with van der Waals surface area (Å²) in [7, 11) is 4.06. The number of nitrogens with two attached hydrogens (primary N) is 1. The van der Waals surface area contributed by atoms with Crippen molar-refractivity contribution in [2.75, 3.05) is 38.2 Å². The maximum absolute atomic E-state index is 5.66. The molecule has 0 bridgehead atoms. The number of nitrogens with one attached hydrogen (secondary N) is 1. The fraction of sp³-hybridized carbons (Fsp3) is 0.296. The molecule has 0 spiro atoms. The molecule has 1 aliphatic rings. The molecule has 1 saturated heterocycles. The highest BCUT2D eigenvalue weighted by atomic mass is 32.1. The van der Waals surface area contributed by atoms with E-state index in [-0.39, 0.29) is 0 Å². The summed E-state index contributed by atoms with van der Waals surface area (Å²) >= 11 is 1.49. The van der Waals surface area contributed by atoms with E-state index < -0.39 is 0 Å². The maximum atomic E-state index is 5.66. The summed E-state index contributed by atoms with van der Waals surface area (Å²) < 4.78 is 0. The van der Waals surface area contributed by atoms with Crippen molar-refractivity contribution in [2.45, 2.75) is 25.7 Å². The summed E-state index contributed by atoms with van der Waals surface area (Å²) in [5, 5.41) is 5.91. The second-order valence-corrected chi connectivity index (χ2v) is 9.60. The van der Waals surface area contributed by atoms with E-state index in [2.05, 4.69) is 81.6 Å². The van der Waals surface area contributed by atoms with Gasteiger partial charge in [-0.15, -0.1) is 0 Å². The third kappa shape index (κ3) is 5.98. The molecule has 5 rings (SSSR count). The number of hydrogen-bond acceptors (Lipinski definition) is 7. The molecule has 0 saturated carbocycles. The predicted octanol–water partition coefficient (Wildman–Crippen LogP) is 5.91. The lowest BCUT2D eigenvalue weighted by atomic mass is 9.92. The number of pyridine rings is 2. The number of nitrogens with zero attached hydrogens (tertiary/aromatic N) is 4. The minimum atomic E-state index is 0.593. The van der Waals surface area contributed by atoms with E-state index in [0.29, 0.717) is 11.0 Å². The number of benzene rings is 1. The smallest absolute Gasteiger partial charge is 0.180 e. The molecule has 3 N–H and O–H groups in total. The molecular weight excluding hydrogens is 440 g/mol. The minimum Gasteiger partial charge on any atom is -0.375 e. The zero-order chi connectivity index (χ0) is 23.9. The van der Waals surface area contributed by atoms with Crippen molar-refractivity contribution in [2.24, 2.45) is 0 Å². The number of rotatable bonds is 4. The Labute approximate surface area is 205 Å². The molecule has 176 valence electrons. The molecule has 4 heterocycles. The first-order chi connectivity index (χ1) is 16.6. The van der Waals surface area contributed by atoms with Crippen LogP contribution in [0.3, 0.4) is 0 Å². The Morgan fingerprint density at radius 2 is 1.85 bits per heavy atom. The lowest BCUT2D eigenvalue weighted by molar-refractivity contribution is 0.253. The van der Waals surface area contributed by atoms with Crippen LogP contribution >= 0.6 is 11.3 Å². The number of thiazole rings is 1. The molecule has 7 heteroatoms. The number of fused-ring (bicyclic) bond motifs is 1. The van der Waals surface area contributed by atoms with Crippen LogP contribution < -0.4 is 11.1 Å². The summed E-state index contributed by atoms with van der Waals surface area (Å²) in [6, 6.07) is 12.6. The van der Waals surface area contributed by atoms with E-state index in [1.165, 1.54) is 48.5 Å². The third-order valence-electron chi connectivity index (χ3n) is 6.09. The number of allylic oxidation sites excluding steroid dienone is 1. The largest absolute Gasteiger partial charge is 0.375 e. The Morgan fingerprint density at radius 1 is 1.03 bits per heavy atom. The Bertz CT molecular complexity index is 1260. The van der Waals surface area contributed by atoms with Gasteiger partial charge < -0.3 is 16.0 Å². The normalized spacial score (nSPS) is 14.8. The van der Waals surface area contributed by atoms with Gasteiger partial charge in [0.2, 0.25) is 0 Å². The number of aromatic nitrogens is 3. The second kappa shape index (κ2) is 11.2. The highest BCUT2D eigenvalue weighted by molar-refractivity contribution is 7.18. The lowest BCUT2D eigenvalue weighted by Crippen LogP contribution is -2.29. The molecule has 0 atom stereocenters. The Balaban J connectivity index is 0.000000162. The number of hydrogen-bond donors (Lipinski definition) is 2. The van der Waals surface area contributed by atoms with Gasteiger partial charge in [-0.3, -0.25) is 4.98 Å². The van der Waals surface area contributed by atoms with E-state index in [0.717, 1.165) is 27.0 Å². The third-order valence-corrected chi connectivity index (χ3v) is 6.96. The molecule has 1 aliphatic heterocycles. The van der Waals surface area contributed by atoms with Crippen molar-refractivity contribution in [1.82, 2.24) is 19.9 Å². The van der Waals surface area contributed by atoms with Crippen molar-refractivity contribution in [3.05, 3.63) is 72.3 Å². The summed E-state index contributed by atoms with van der Waals surface area (Å²) in [5.41, 5.74) is 9.33. The summed E-state index contributed by atoms with van der Waals surface area (Å²) in [5.74, 6) is 1.52. The predicted molar refractivity (Wildman–Crippen MR) is 145 cm³/mol. The van der Waals surface area contributed by atoms with E-state index >= 15 is 0 Å². The number of nitrogen functional groups attached to an aromatic ring is 1. The summed E-state index contributed by atoms with van der Waals surface area (Å²) in [4.78, 5) is 16.4. The fourth-order valence-corrected chi connectivity index (χ4v) is 4.82. The van der Waals surface area contributed by atoms with Gasteiger partial charge in [-0.05, 0) is 80.7 Å². The van der Waals surface area contributed by atoms with Crippen molar-refractivity contribution >= 4 is 39.1 Å². The van der Waals surface area contributed by atoms with Crippen molar-refractivity contribution in [3.8, 4) is 10.4 Å². The van der Waals surface area contributed by atoms with E-state index in [1.807, 2.05) is 25.5 Å². The zero-order valence-corrected chi connectivity index (χ0v) is 20.8. The van der Waals surface area contributed by atoms with E-state index in [4.69, 9.17) is 5.73 Å². The summed E-state index contributed by atoms with van der Waals surface area (Å²) in [6.07, 6.45) is 12.3. The maximum Gasteiger partial charge on any atom is 0.180 e. The molecule has 4 aromatic rings. The average Bonchev–Trinajstić information content (AvgIpc) is 3.31. The molecular formula is C27H32N6S. The zero-order valence-electron chi connectivity index (χ0n) is 20.0. The Kier molecular flexibility index (Phi) is 7.87. The van der Waals surface area contributed by atoms with Crippen LogP contribution in [0.25, 0.3) is 27.3 Å². The average molecular weight is 473 g/mol. The topological polar surface area (TPSA) is 80.0 Å². The Morgan fingerprint density at radius 3 is 2.56 bits per heavy atom. The number of anilines is 2. The van der Waals surface area contributed by atoms with Gasteiger partial charge in [-0.1, -0.05) is 35.6 Å². The van der Waals surface area contributed by atoms with Crippen molar-refractivity contribution in [1.29, 1.82) is 0 Å². The molecule has 1 fully saturated rings. The lowest BCUT2D eigenvalue weighted by Gasteiger charge is -2.28. The first kappa shape index (κ1) is 23.9. The van der Waals surface area contributed by atoms with Crippen LogP contribution in [-0.2, 0) is 0 Å². The molecule has 0 radical (unpaired) electrons. The van der Waals surface area contributed by atoms with E-state index in [9.17, 15) is 0 Å². The molecule has 6 nitrogen and oxygen atoms in total. The van der Waals surface area contributed by atoms with Gasteiger partial charge in [0, 0.05) is 42.6 Å². The fourth-order valence-electron chi connectivity index (χ4n) is 4.14. The molecule has 0 amide bonds. The van der Waals surface area contributed by atoms with Crippen LogP contribution in [0.15, 0.2) is 61.1 Å². The van der Waals surface area contributed by atoms with E-state index in [1.54, 1.807) is 6.20 Å². The first-order valence-corrected chi connectivity index (χ1v) is 12.4. The minimum absolute atomic E-state index is 0.593. The monoisotopic (exact) mass is 472 g/mol. The van der Waals surface area contributed by atoms with Gasteiger partial charge in [0.15, 0.2) is 5.13 Å². The SMILES string of the molecule is C/C=C\c1ccnc(C2CCN(C)CC2)c1.CNc1cc2cc(-c3cnc(N)s3)ccc2cn1. The number of likely N-dealkylation sites (tertiary alicyclic amines) is 1.